The largest absolute Gasteiger partial charge is 0.504 e. The Hall–Kier alpha value is -2.99. The number of aliphatic hydroxyl groups excluding tert-OH is 3. The highest BCUT2D eigenvalue weighted by Gasteiger charge is 2.44. The maximum atomic E-state index is 10.2. The minimum atomic E-state index is -1.25. The highest BCUT2D eigenvalue weighted by molar-refractivity contribution is 5.82. The zero-order chi connectivity index (χ0) is 19.8. The van der Waals surface area contributed by atoms with Gasteiger partial charge in [0.05, 0.1) is 12.9 Å². The summed E-state index contributed by atoms with van der Waals surface area (Å²) < 4.78 is 6.99. The maximum absolute atomic E-state index is 10.2. The molecule has 1 aliphatic heterocycles. The number of hydrogen-bond donors (Lipinski definition) is 6. The Kier molecular flexibility index (Phi) is 4.73. The lowest BCUT2D eigenvalue weighted by Crippen LogP contribution is -2.33. The van der Waals surface area contributed by atoms with Gasteiger partial charge in [-0.05, 0) is 17.7 Å². The van der Waals surface area contributed by atoms with Crippen molar-refractivity contribution in [2.75, 3.05) is 11.9 Å². The van der Waals surface area contributed by atoms with E-state index in [1.54, 1.807) is 6.07 Å². The van der Waals surface area contributed by atoms with Crippen LogP contribution in [0.15, 0.2) is 30.9 Å². The summed E-state index contributed by atoms with van der Waals surface area (Å²) in [5, 5.41) is 51.5. The number of phenolic OH excluding ortho intramolecular Hbond substituents is 2. The maximum Gasteiger partial charge on any atom is 0.167 e. The van der Waals surface area contributed by atoms with E-state index in [0.29, 0.717) is 29.1 Å². The lowest BCUT2D eigenvalue weighted by molar-refractivity contribution is -0.0511. The fourth-order valence-electron chi connectivity index (χ4n) is 3.14. The predicted octanol–water partition coefficient (Wildman–Crippen LogP) is -0.539. The van der Waals surface area contributed by atoms with Crippen molar-refractivity contribution in [1.29, 1.82) is 0 Å². The van der Waals surface area contributed by atoms with E-state index in [0.717, 1.165) is 0 Å². The summed E-state index contributed by atoms with van der Waals surface area (Å²) >= 11 is 0. The number of aliphatic hydroxyl groups is 3. The lowest BCUT2D eigenvalue weighted by Gasteiger charge is -2.16. The zero-order valence-electron chi connectivity index (χ0n) is 14.5. The Morgan fingerprint density at radius 2 is 1.89 bits per heavy atom. The lowest BCUT2D eigenvalue weighted by atomic mass is 10.1. The first-order valence-electron chi connectivity index (χ1n) is 8.54. The number of nitrogens with one attached hydrogen (secondary N) is 1. The third kappa shape index (κ3) is 3.10. The number of nitrogens with zero attached hydrogens (tertiary/aromatic N) is 4. The summed E-state index contributed by atoms with van der Waals surface area (Å²) in [5.41, 5.74) is 1.51. The molecule has 1 saturated heterocycles. The first-order valence-corrected chi connectivity index (χ1v) is 8.54. The van der Waals surface area contributed by atoms with Crippen LogP contribution in [0.1, 0.15) is 11.8 Å². The third-order valence-corrected chi connectivity index (χ3v) is 4.65. The van der Waals surface area contributed by atoms with Crippen LogP contribution >= 0.6 is 0 Å². The van der Waals surface area contributed by atoms with Gasteiger partial charge in [-0.3, -0.25) is 4.57 Å². The van der Waals surface area contributed by atoms with E-state index in [-0.39, 0.29) is 11.5 Å². The first-order chi connectivity index (χ1) is 13.5. The van der Waals surface area contributed by atoms with Gasteiger partial charge in [-0.25, -0.2) is 15.0 Å². The molecule has 11 heteroatoms. The van der Waals surface area contributed by atoms with Gasteiger partial charge in [0.15, 0.2) is 34.7 Å². The summed E-state index contributed by atoms with van der Waals surface area (Å²) in [5.74, 6) is -0.00533. The van der Waals surface area contributed by atoms with Gasteiger partial charge in [0.1, 0.15) is 24.6 Å². The second-order valence-corrected chi connectivity index (χ2v) is 6.45. The van der Waals surface area contributed by atoms with E-state index in [1.807, 2.05) is 0 Å². The van der Waals surface area contributed by atoms with Gasteiger partial charge in [-0.2, -0.15) is 0 Å². The van der Waals surface area contributed by atoms with Crippen LogP contribution in [-0.4, -0.2) is 70.0 Å². The molecule has 1 unspecified atom stereocenters. The molecule has 4 atom stereocenters. The van der Waals surface area contributed by atoms with Crippen LogP contribution in [-0.2, 0) is 11.3 Å². The van der Waals surface area contributed by atoms with Gasteiger partial charge in [0.2, 0.25) is 0 Å². The number of phenols is 2. The summed E-state index contributed by atoms with van der Waals surface area (Å²) in [6.45, 7) is -0.122. The monoisotopic (exact) mass is 389 g/mol. The minimum absolute atomic E-state index is 0.203. The summed E-state index contributed by atoms with van der Waals surface area (Å²) in [7, 11) is 0. The Morgan fingerprint density at radius 1 is 1.07 bits per heavy atom. The van der Waals surface area contributed by atoms with Gasteiger partial charge >= 0.3 is 0 Å². The number of ether oxygens (including phenoxy) is 1. The molecule has 1 aliphatic rings. The third-order valence-electron chi connectivity index (χ3n) is 4.65. The van der Waals surface area contributed by atoms with Crippen LogP contribution in [0.4, 0.5) is 5.82 Å². The van der Waals surface area contributed by atoms with Crippen molar-refractivity contribution < 1.29 is 30.3 Å². The Morgan fingerprint density at radius 3 is 2.61 bits per heavy atom. The van der Waals surface area contributed by atoms with Crippen molar-refractivity contribution in [3.8, 4) is 11.5 Å². The van der Waals surface area contributed by atoms with Crippen LogP contribution in [0.2, 0.25) is 0 Å². The van der Waals surface area contributed by atoms with Gasteiger partial charge in [-0.1, -0.05) is 6.07 Å². The highest BCUT2D eigenvalue weighted by atomic mass is 16.6. The van der Waals surface area contributed by atoms with Crippen molar-refractivity contribution in [2.24, 2.45) is 0 Å². The molecule has 6 N–H and O–H groups in total. The SMILES string of the molecule is OC[C@H]1OC(n2cnc3c(NCc4ccc(O)c(O)c4)ncnc32)[C@@H](O)[C@@H]1O. The van der Waals surface area contributed by atoms with Gasteiger partial charge in [0.25, 0.3) is 0 Å². The Labute approximate surface area is 158 Å². The molecule has 0 aliphatic carbocycles. The molecule has 0 spiro atoms. The molecule has 3 aromatic rings. The standard InChI is InChI=1S/C17H19N5O6/c23-5-11-13(26)14(27)17(28-11)22-7-21-12-15(19-6-20-16(12)22)18-4-8-1-2-9(24)10(25)3-8/h1-3,6-7,11,13-14,17,23-27H,4-5H2,(H,18,19,20)/t11-,13-,14+,17?/m1/s1. The quantitative estimate of drug-likeness (QED) is 0.312. The predicted molar refractivity (Wildman–Crippen MR) is 95.4 cm³/mol. The molecule has 1 aromatic carbocycles. The number of benzene rings is 1. The second-order valence-electron chi connectivity index (χ2n) is 6.45. The van der Waals surface area contributed by atoms with E-state index in [1.165, 1.54) is 29.4 Å². The fraction of sp³-hybridized carbons (Fsp3) is 0.353. The number of rotatable bonds is 5. The van der Waals surface area contributed by atoms with Crippen LogP contribution in [0.5, 0.6) is 11.5 Å². The zero-order valence-corrected chi connectivity index (χ0v) is 14.5. The van der Waals surface area contributed by atoms with E-state index >= 15 is 0 Å². The summed E-state index contributed by atoms with van der Waals surface area (Å²) in [6, 6.07) is 4.47. The molecule has 2 aromatic heterocycles. The number of aromatic nitrogens is 4. The molecule has 4 rings (SSSR count). The fourth-order valence-corrected chi connectivity index (χ4v) is 3.14. The number of anilines is 1. The molecule has 0 amide bonds. The van der Waals surface area contributed by atoms with E-state index in [9.17, 15) is 25.5 Å². The van der Waals surface area contributed by atoms with E-state index < -0.39 is 31.1 Å². The van der Waals surface area contributed by atoms with Crippen LogP contribution in [0, 0.1) is 0 Å². The van der Waals surface area contributed by atoms with Crippen molar-refractivity contribution in [3.63, 3.8) is 0 Å². The molecule has 0 bridgehead atoms. The topological polar surface area (TPSA) is 166 Å². The summed E-state index contributed by atoms with van der Waals surface area (Å²) in [4.78, 5) is 12.6. The molecule has 3 heterocycles. The smallest absolute Gasteiger partial charge is 0.167 e. The highest BCUT2D eigenvalue weighted by Crippen LogP contribution is 2.32. The van der Waals surface area contributed by atoms with Gasteiger partial charge in [0, 0.05) is 6.54 Å². The van der Waals surface area contributed by atoms with E-state index in [4.69, 9.17) is 4.74 Å². The molecule has 148 valence electrons. The van der Waals surface area contributed by atoms with Crippen LogP contribution in [0.25, 0.3) is 11.2 Å². The molecule has 0 saturated carbocycles. The average Bonchev–Trinajstić information content (AvgIpc) is 3.24. The normalized spacial score (nSPS) is 24.7. The van der Waals surface area contributed by atoms with Crippen LogP contribution in [0.3, 0.4) is 0 Å². The Balaban J connectivity index is 1.59. The molecular weight excluding hydrogens is 370 g/mol. The second kappa shape index (κ2) is 7.20. The van der Waals surface area contributed by atoms with Crippen molar-refractivity contribution in [1.82, 2.24) is 19.5 Å². The number of fused-ring (bicyclic) bond motifs is 1. The first kappa shape index (κ1) is 18.4. The number of aromatic hydroxyl groups is 2. The number of hydrogen-bond acceptors (Lipinski definition) is 10. The van der Waals surface area contributed by atoms with E-state index in [2.05, 4.69) is 20.3 Å². The van der Waals surface area contributed by atoms with Crippen molar-refractivity contribution >= 4 is 17.0 Å². The van der Waals surface area contributed by atoms with Gasteiger partial charge in [-0.15, -0.1) is 0 Å². The Bertz CT molecular complexity index is 995. The molecule has 11 nitrogen and oxygen atoms in total. The summed E-state index contributed by atoms with van der Waals surface area (Å²) in [6.07, 6.45) is -1.60. The molecule has 28 heavy (non-hydrogen) atoms. The molecule has 0 radical (unpaired) electrons. The molecular formula is C17H19N5O6. The molecule has 1 fully saturated rings. The number of imidazole rings is 1. The minimum Gasteiger partial charge on any atom is -0.504 e. The van der Waals surface area contributed by atoms with Crippen LogP contribution < -0.4 is 5.32 Å². The average molecular weight is 389 g/mol. The van der Waals surface area contributed by atoms with Crippen molar-refractivity contribution in [2.45, 2.75) is 31.1 Å². The van der Waals surface area contributed by atoms with Crippen molar-refractivity contribution in [3.05, 3.63) is 36.4 Å². The van der Waals surface area contributed by atoms with Gasteiger partial charge < -0.3 is 35.6 Å².